The Labute approximate surface area is 364 Å². The average molecular weight is 803 g/mol. The molecule has 1 aliphatic rings. The molecule has 4 heterocycles. The minimum atomic E-state index is 0.0899. The monoisotopic (exact) mass is 802 g/mol. The van der Waals surface area contributed by atoms with Gasteiger partial charge in [-0.25, -0.2) is 0 Å². The van der Waals surface area contributed by atoms with Gasteiger partial charge >= 0.3 is 0 Å². The van der Waals surface area contributed by atoms with Crippen molar-refractivity contribution in [1.82, 2.24) is 19.5 Å². The lowest BCUT2D eigenvalue weighted by Gasteiger charge is -2.25. The maximum absolute atomic E-state index is 5.66. The van der Waals surface area contributed by atoms with Gasteiger partial charge in [-0.15, -0.1) is 0 Å². The smallest absolute Gasteiger partial charge is 0.0970 e. The Morgan fingerprint density at radius 3 is 1.97 bits per heavy atom. The van der Waals surface area contributed by atoms with Crippen molar-refractivity contribution in [1.29, 1.82) is 0 Å². The molecule has 4 heteroatoms. The van der Waals surface area contributed by atoms with E-state index in [0.29, 0.717) is 0 Å². The number of nitrogens with zero attached hydrogens (tertiary/aromatic N) is 4. The first kappa shape index (κ1) is 35.5. The summed E-state index contributed by atoms with van der Waals surface area (Å²) in [5.41, 5.74) is 15.9. The molecular formula is C59H38N4. The van der Waals surface area contributed by atoms with Gasteiger partial charge in [-0.2, -0.15) is 0 Å². The Morgan fingerprint density at radius 1 is 0.460 bits per heavy atom. The summed E-state index contributed by atoms with van der Waals surface area (Å²) in [7, 11) is 0. The van der Waals surface area contributed by atoms with Crippen LogP contribution in [0.15, 0.2) is 207 Å². The molecule has 1 aliphatic carbocycles. The highest BCUT2D eigenvalue weighted by Crippen LogP contribution is 2.47. The molecule has 0 bridgehead atoms. The van der Waals surface area contributed by atoms with Gasteiger partial charge < -0.3 is 4.57 Å². The van der Waals surface area contributed by atoms with Crippen LogP contribution in [0.3, 0.4) is 0 Å². The number of hydrogen-bond donors (Lipinski definition) is 0. The van der Waals surface area contributed by atoms with Crippen LogP contribution in [0.2, 0.25) is 0 Å². The number of benzene rings is 8. The number of aromatic nitrogens is 4. The van der Waals surface area contributed by atoms with Gasteiger partial charge in [-0.3, -0.25) is 15.0 Å². The number of hydrogen-bond acceptors (Lipinski definition) is 3. The molecule has 294 valence electrons. The molecule has 0 radical (unpaired) electrons. The Kier molecular flexibility index (Phi) is 8.00. The van der Waals surface area contributed by atoms with Crippen LogP contribution in [0, 0.1) is 0 Å². The van der Waals surface area contributed by atoms with Crippen LogP contribution in [-0.4, -0.2) is 19.5 Å². The third kappa shape index (κ3) is 5.51. The van der Waals surface area contributed by atoms with Gasteiger partial charge in [-0.1, -0.05) is 158 Å². The lowest BCUT2D eigenvalue weighted by molar-refractivity contribution is 0.788. The molecule has 12 aromatic rings. The third-order valence-electron chi connectivity index (χ3n) is 13.2. The topological polar surface area (TPSA) is 43.6 Å². The van der Waals surface area contributed by atoms with E-state index in [0.717, 1.165) is 56.4 Å². The molecule has 1 atom stereocenters. The first-order chi connectivity index (χ1) is 31.3. The second kappa shape index (κ2) is 14.2. The molecule has 63 heavy (non-hydrogen) atoms. The van der Waals surface area contributed by atoms with Crippen molar-refractivity contribution in [2.75, 3.05) is 0 Å². The van der Waals surface area contributed by atoms with Gasteiger partial charge in [-0.05, 0) is 87.5 Å². The summed E-state index contributed by atoms with van der Waals surface area (Å²) in [4.78, 5) is 15.2. The van der Waals surface area contributed by atoms with Crippen molar-refractivity contribution in [3.8, 4) is 39.2 Å². The first-order valence-electron chi connectivity index (χ1n) is 21.7. The molecule has 4 nitrogen and oxygen atoms in total. The summed E-state index contributed by atoms with van der Waals surface area (Å²) < 4.78 is 2.41. The van der Waals surface area contributed by atoms with E-state index in [-0.39, 0.29) is 5.92 Å². The van der Waals surface area contributed by atoms with Crippen molar-refractivity contribution in [3.63, 3.8) is 0 Å². The molecule has 0 spiro atoms. The predicted molar refractivity (Wildman–Crippen MR) is 262 cm³/mol. The van der Waals surface area contributed by atoms with Crippen LogP contribution in [0.5, 0.6) is 0 Å². The SMILES string of the molecule is C1=Cc2c(nc(-c3ccccc3)c3ccc4c(c5ccccc5n4-c4ccccc4)c23)C(c2ccc(-c3ccc(-c4cc5cccnc5c5ncccc45)c4ccccc34)cc2)C1. The van der Waals surface area contributed by atoms with Crippen molar-refractivity contribution in [3.05, 3.63) is 223 Å². The average Bonchev–Trinajstić information content (AvgIpc) is 3.70. The number of allylic oxidation sites excluding steroid dienone is 1. The van der Waals surface area contributed by atoms with Gasteiger partial charge in [0.15, 0.2) is 0 Å². The summed E-state index contributed by atoms with van der Waals surface area (Å²) in [5.74, 6) is 0.0899. The fourth-order valence-corrected chi connectivity index (χ4v) is 10.4. The number of rotatable bonds is 5. The zero-order chi connectivity index (χ0) is 41.4. The summed E-state index contributed by atoms with van der Waals surface area (Å²) in [6.45, 7) is 0. The van der Waals surface area contributed by atoms with E-state index < -0.39 is 0 Å². The summed E-state index contributed by atoms with van der Waals surface area (Å²) in [6, 6.07) is 68.1. The van der Waals surface area contributed by atoms with E-state index in [4.69, 9.17) is 15.0 Å². The normalized spacial score (nSPS) is 13.7. The van der Waals surface area contributed by atoms with E-state index in [1.54, 1.807) is 0 Å². The van der Waals surface area contributed by atoms with Gasteiger partial charge in [0.1, 0.15) is 0 Å². The van der Waals surface area contributed by atoms with Crippen LogP contribution in [0.25, 0.3) is 110 Å². The van der Waals surface area contributed by atoms with Crippen molar-refractivity contribution < 1.29 is 0 Å². The fraction of sp³-hybridized carbons (Fsp3) is 0.0339. The minimum Gasteiger partial charge on any atom is -0.309 e. The number of para-hydroxylation sites is 2. The van der Waals surface area contributed by atoms with E-state index in [2.05, 4.69) is 193 Å². The van der Waals surface area contributed by atoms with Crippen molar-refractivity contribution >= 4 is 71.2 Å². The highest BCUT2D eigenvalue weighted by molar-refractivity contribution is 6.25. The Balaban J connectivity index is 0.969. The van der Waals surface area contributed by atoms with Crippen molar-refractivity contribution in [2.45, 2.75) is 12.3 Å². The van der Waals surface area contributed by atoms with Gasteiger partial charge in [0.2, 0.25) is 0 Å². The number of pyridine rings is 3. The molecule has 13 rings (SSSR count). The molecule has 0 aliphatic heterocycles. The molecule has 1 unspecified atom stereocenters. The lowest BCUT2D eigenvalue weighted by Crippen LogP contribution is -2.10. The molecule has 0 saturated carbocycles. The minimum absolute atomic E-state index is 0.0899. The summed E-state index contributed by atoms with van der Waals surface area (Å²) in [6.07, 6.45) is 9.27. The second-order valence-electron chi connectivity index (χ2n) is 16.6. The lowest BCUT2D eigenvalue weighted by atomic mass is 9.82. The summed E-state index contributed by atoms with van der Waals surface area (Å²) in [5, 5.41) is 9.56. The molecule has 0 N–H and O–H groups in total. The Bertz CT molecular complexity index is 3810. The second-order valence-corrected chi connectivity index (χ2v) is 16.6. The Hall–Kier alpha value is -8.21. The maximum atomic E-state index is 5.66. The molecule has 0 saturated heterocycles. The molecule has 4 aromatic heterocycles. The predicted octanol–water partition coefficient (Wildman–Crippen LogP) is 15.1. The van der Waals surface area contributed by atoms with Crippen LogP contribution < -0.4 is 0 Å². The van der Waals surface area contributed by atoms with Crippen molar-refractivity contribution in [2.24, 2.45) is 0 Å². The Morgan fingerprint density at radius 2 is 1.14 bits per heavy atom. The van der Waals surface area contributed by atoms with E-state index in [1.165, 1.54) is 71.2 Å². The zero-order valence-corrected chi connectivity index (χ0v) is 34.3. The zero-order valence-electron chi connectivity index (χ0n) is 34.3. The van der Waals surface area contributed by atoms with Gasteiger partial charge in [0, 0.05) is 67.4 Å². The largest absolute Gasteiger partial charge is 0.309 e. The van der Waals surface area contributed by atoms with Crippen LogP contribution in [-0.2, 0) is 0 Å². The highest BCUT2D eigenvalue weighted by atomic mass is 15.0. The summed E-state index contributed by atoms with van der Waals surface area (Å²) >= 11 is 0. The fourth-order valence-electron chi connectivity index (χ4n) is 10.4. The molecule has 0 amide bonds. The van der Waals surface area contributed by atoms with E-state index >= 15 is 0 Å². The molecular weight excluding hydrogens is 765 g/mol. The standard InChI is InChI=1S/C59H38N4/c1-3-14-39(15-4-1)56-50-32-33-53-55(48-21-9-10-25-52(48)63(53)41-17-5-2-6-18-41)54(50)49-23-11-22-43(58(49)62-56)38-28-26-37(27-29-38)42-30-31-46(45-20-8-7-19-44(42)45)51-36-40-16-12-34-60-57(40)59-47(51)24-13-35-61-59/h1-21,23-36,43H,22H2. The highest BCUT2D eigenvalue weighted by Gasteiger charge is 2.27. The van der Waals surface area contributed by atoms with Gasteiger partial charge in [0.05, 0.1) is 33.5 Å². The molecule has 8 aromatic carbocycles. The van der Waals surface area contributed by atoms with Gasteiger partial charge in [0.25, 0.3) is 0 Å². The first-order valence-corrected chi connectivity index (χ1v) is 21.7. The van der Waals surface area contributed by atoms with Crippen LogP contribution >= 0.6 is 0 Å². The molecule has 0 fully saturated rings. The van der Waals surface area contributed by atoms with Crippen LogP contribution in [0.1, 0.15) is 29.2 Å². The van der Waals surface area contributed by atoms with E-state index in [9.17, 15) is 0 Å². The van der Waals surface area contributed by atoms with Crippen LogP contribution in [0.4, 0.5) is 0 Å². The number of fused-ring (bicyclic) bond motifs is 11. The van der Waals surface area contributed by atoms with E-state index in [1.807, 2.05) is 24.5 Å². The quantitative estimate of drug-likeness (QED) is 0.163. The third-order valence-corrected chi connectivity index (χ3v) is 13.2. The maximum Gasteiger partial charge on any atom is 0.0970 e.